The molecule has 0 aliphatic heterocycles. The van der Waals surface area contributed by atoms with Crippen LogP contribution in [0.2, 0.25) is 0 Å². The van der Waals surface area contributed by atoms with Crippen LogP contribution in [0.25, 0.3) is 11.0 Å². The van der Waals surface area contributed by atoms with Crippen molar-refractivity contribution in [1.29, 1.82) is 0 Å². The van der Waals surface area contributed by atoms with E-state index < -0.39 is 9.84 Å². The lowest BCUT2D eigenvalue weighted by Crippen LogP contribution is -2.32. The molecule has 0 aliphatic rings. The molecule has 2 rings (SSSR count). The summed E-state index contributed by atoms with van der Waals surface area (Å²) in [6.45, 7) is 2.52. The first-order valence-electron chi connectivity index (χ1n) is 5.77. The SMILES string of the molecule is CC(CS(C)(=O)=O)NCc1ccc2nc[nH]c2c1. The lowest BCUT2D eigenvalue weighted by atomic mass is 10.2. The van der Waals surface area contributed by atoms with Gasteiger partial charge in [-0.2, -0.15) is 0 Å². The number of benzene rings is 1. The van der Waals surface area contributed by atoms with Crippen molar-refractivity contribution < 1.29 is 8.42 Å². The van der Waals surface area contributed by atoms with Crippen LogP contribution in [0.3, 0.4) is 0 Å². The van der Waals surface area contributed by atoms with Crippen LogP contribution in [0, 0.1) is 0 Å². The van der Waals surface area contributed by atoms with Crippen LogP contribution < -0.4 is 5.32 Å². The van der Waals surface area contributed by atoms with Crippen molar-refractivity contribution in [3.8, 4) is 0 Å². The molecule has 0 fully saturated rings. The highest BCUT2D eigenvalue weighted by Gasteiger charge is 2.09. The van der Waals surface area contributed by atoms with Gasteiger partial charge in [-0.1, -0.05) is 6.07 Å². The number of imidazole rings is 1. The van der Waals surface area contributed by atoms with Crippen molar-refractivity contribution in [1.82, 2.24) is 15.3 Å². The highest BCUT2D eigenvalue weighted by Crippen LogP contribution is 2.11. The normalized spacial score (nSPS) is 13.9. The minimum absolute atomic E-state index is 0.0579. The van der Waals surface area contributed by atoms with Crippen molar-refractivity contribution in [2.75, 3.05) is 12.0 Å². The Morgan fingerprint density at radius 1 is 1.44 bits per heavy atom. The molecule has 0 saturated carbocycles. The van der Waals surface area contributed by atoms with Crippen LogP contribution in [-0.4, -0.2) is 36.4 Å². The Kier molecular flexibility index (Phi) is 3.68. The maximum Gasteiger partial charge on any atom is 0.148 e. The van der Waals surface area contributed by atoms with E-state index in [0.717, 1.165) is 16.6 Å². The molecule has 2 aromatic rings. The second-order valence-corrected chi connectivity index (χ2v) is 6.81. The van der Waals surface area contributed by atoms with Gasteiger partial charge < -0.3 is 10.3 Å². The molecule has 18 heavy (non-hydrogen) atoms. The van der Waals surface area contributed by atoms with E-state index in [4.69, 9.17) is 0 Å². The first-order chi connectivity index (χ1) is 8.44. The van der Waals surface area contributed by atoms with Gasteiger partial charge in [-0.15, -0.1) is 0 Å². The van der Waals surface area contributed by atoms with Gasteiger partial charge in [0, 0.05) is 18.8 Å². The molecule has 1 aromatic carbocycles. The number of nitrogens with zero attached hydrogens (tertiary/aromatic N) is 1. The topological polar surface area (TPSA) is 74.8 Å². The summed E-state index contributed by atoms with van der Waals surface area (Å²) in [5.41, 5.74) is 3.03. The fraction of sp³-hybridized carbons (Fsp3) is 0.417. The smallest absolute Gasteiger partial charge is 0.148 e. The van der Waals surface area contributed by atoms with Crippen molar-refractivity contribution in [3.05, 3.63) is 30.1 Å². The Labute approximate surface area is 107 Å². The molecule has 0 aliphatic carbocycles. The first kappa shape index (κ1) is 13.0. The van der Waals surface area contributed by atoms with Gasteiger partial charge in [-0.05, 0) is 24.6 Å². The van der Waals surface area contributed by atoms with Crippen LogP contribution in [0.1, 0.15) is 12.5 Å². The third-order valence-corrected chi connectivity index (χ3v) is 3.80. The quantitative estimate of drug-likeness (QED) is 0.850. The van der Waals surface area contributed by atoms with E-state index in [9.17, 15) is 8.42 Å². The van der Waals surface area contributed by atoms with Gasteiger partial charge in [-0.25, -0.2) is 13.4 Å². The number of rotatable bonds is 5. The fourth-order valence-electron chi connectivity index (χ4n) is 1.90. The zero-order valence-corrected chi connectivity index (χ0v) is 11.3. The molecule has 2 N–H and O–H groups in total. The second-order valence-electron chi connectivity index (χ2n) is 4.63. The van der Waals surface area contributed by atoms with Crippen molar-refractivity contribution in [2.45, 2.75) is 19.5 Å². The predicted octanol–water partition coefficient (Wildman–Crippen LogP) is 1.09. The van der Waals surface area contributed by atoms with E-state index >= 15 is 0 Å². The van der Waals surface area contributed by atoms with Crippen molar-refractivity contribution >= 4 is 20.9 Å². The summed E-state index contributed by atoms with van der Waals surface area (Å²) in [4.78, 5) is 7.20. The van der Waals surface area contributed by atoms with Crippen LogP contribution in [-0.2, 0) is 16.4 Å². The summed E-state index contributed by atoms with van der Waals surface area (Å²) in [6.07, 6.45) is 2.91. The van der Waals surface area contributed by atoms with Crippen molar-refractivity contribution in [2.24, 2.45) is 0 Å². The molecule has 1 unspecified atom stereocenters. The van der Waals surface area contributed by atoms with Gasteiger partial charge in [-0.3, -0.25) is 0 Å². The maximum atomic E-state index is 11.1. The number of nitrogens with one attached hydrogen (secondary N) is 2. The van der Waals surface area contributed by atoms with Crippen molar-refractivity contribution in [3.63, 3.8) is 0 Å². The molecule has 1 heterocycles. The van der Waals surface area contributed by atoms with Crippen LogP contribution in [0.4, 0.5) is 0 Å². The van der Waals surface area contributed by atoms with E-state index in [1.54, 1.807) is 6.33 Å². The van der Waals surface area contributed by atoms with Crippen LogP contribution in [0.5, 0.6) is 0 Å². The number of fused-ring (bicyclic) bond motifs is 1. The number of aromatic nitrogens is 2. The summed E-state index contributed by atoms with van der Waals surface area (Å²) in [6, 6.07) is 5.90. The lowest BCUT2D eigenvalue weighted by Gasteiger charge is -2.12. The average molecular weight is 267 g/mol. The van der Waals surface area contributed by atoms with Gasteiger partial charge >= 0.3 is 0 Å². The molecule has 5 nitrogen and oxygen atoms in total. The highest BCUT2D eigenvalue weighted by atomic mass is 32.2. The molecular formula is C12H17N3O2S. The molecule has 0 bridgehead atoms. The predicted molar refractivity (Wildman–Crippen MR) is 72.1 cm³/mol. The molecule has 0 spiro atoms. The molecule has 0 amide bonds. The third kappa shape index (κ3) is 3.54. The van der Waals surface area contributed by atoms with E-state index in [1.165, 1.54) is 6.26 Å². The van der Waals surface area contributed by atoms with Crippen LogP contribution in [0.15, 0.2) is 24.5 Å². The molecule has 98 valence electrons. The molecule has 6 heteroatoms. The summed E-state index contributed by atoms with van der Waals surface area (Å²) in [7, 11) is -2.93. The fourth-order valence-corrected chi connectivity index (χ4v) is 2.92. The van der Waals surface area contributed by atoms with E-state index in [1.807, 2.05) is 25.1 Å². The first-order valence-corrected chi connectivity index (χ1v) is 7.83. The minimum Gasteiger partial charge on any atom is -0.345 e. The molecule has 0 radical (unpaired) electrons. The van der Waals surface area contributed by atoms with Gasteiger partial charge in [0.25, 0.3) is 0 Å². The number of hydrogen-bond acceptors (Lipinski definition) is 4. The van der Waals surface area contributed by atoms with E-state index in [2.05, 4.69) is 15.3 Å². The summed E-state index contributed by atoms with van der Waals surface area (Å²) in [5.74, 6) is 0.152. The number of hydrogen-bond donors (Lipinski definition) is 2. The monoisotopic (exact) mass is 267 g/mol. The van der Waals surface area contributed by atoms with Gasteiger partial charge in [0.15, 0.2) is 0 Å². The molecule has 1 aromatic heterocycles. The Morgan fingerprint density at radius 2 is 2.22 bits per heavy atom. The molecular weight excluding hydrogens is 250 g/mol. The lowest BCUT2D eigenvalue weighted by molar-refractivity contribution is 0.560. The zero-order chi connectivity index (χ0) is 13.2. The Bertz CT molecular complexity index is 634. The Balaban J connectivity index is 1.97. The van der Waals surface area contributed by atoms with Gasteiger partial charge in [0.1, 0.15) is 9.84 Å². The van der Waals surface area contributed by atoms with E-state index in [-0.39, 0.29) is 11.8 Å². The third-order valence-electron chi connectivity index (χ3n) is 2.69. The number of aromatic amines is 1. The Morgan fingerprint density at radius 3 is 2.94 bits per heavy atom. The largest absolute Gasteiger partial charge is 0.345 e. The summed E-state index contributed by atoms with van der Waals surface area (Å²) < 4.78 is 22.3. The standard InChI is InChI=1S/C12H17N3O2S/c1-9(7-18(2,16)17)13-6-10-3-4-11-12(5-10)15-8-14-11/h3-5,8-9,13H,6-7H2,1-2H3,(H,14,15). The average Bonchev–Trinajstić information content (AvgIpc) is 2.71. The number of sulfone groups is 1. The molecule has 1 atom stereocenters. The minimum atomic E-state index is -2.93. The van der Waals surface area contributed by atoms with Gasteiger partial charge in [0.2, 0.25) is 0 Å². The second kappa shape index (κ2) is 5.07. The zero-order valence-electron chi connectivity index (χ0n) is 10.5. The van der Waals surface area contributed by atoms with Crippen LogP contribution >= 0.6 is 0 Å². The highest BCUT2D eigenvalue weighted by molar-refractivity contribution is 7.90. The summed E-state index contributed by atoms with van der Waals surface area (Å²) >= 11 is 0. The molecule has 0 saturated heterocycles. The van der Waals surface area contributed by atoms with E-state index in [0.29, 0.717) is 6.54 Å². The van der Waals surface area contributed by atoms with Gasteiger partial charge in [0.05, 0.1) is 23.1 Å². The summed E-state index contributed by atoms with van der Waals surface area (Å²) in [5, 5.41) is 3.20. The Hall–Kier alpha value is -1.40. The maximum absolute atomic E-state index is 11.1. The number of H-pyrrole nitrogens is 1.